The molecule has 2 rings (SSSR count). The van der Waals surface area contributed by atoms with Crippen molar-refractivity contribution in [3.63, 3.8) is 0 Å². The largest absolute Gasteiger partial charge is 0.370 e. The zero-order valence-corrected chi connectivity index (χ0v) is 13.1. The SMILES string of the molecule is Cc1cc(Br)cc(N2CCCNC(C(C)C)C2)c1. The maximum absolute atomic E-state index is 3.66. The zero-order chi connectivity index (χ0) is 13.1. The minimum Gasteiger partial charge on any atom is -0.370 e. The van der Waals surface area contributed by atoms with Crippen LogP contribution in [0.2, 0.25) is 0 Å². The van der Waals surface area contributed by atoms with E-state index < -0.39 is 0 Å². The first-order chi connectivity index (χ1) is 8.56. The summed E-state index contributed by atoms with van der Waals surface area (Å²) in [5.74, 6) is 0.679. The molecule has 1 heterocycles. The van der Waals surface area contributed by atoms with Crippen molar-refractivity contribution in [1.82, 2.24) is 5.32 Å². The molecule has 0 amide bonds. The molecule has 0 bridgehead atoms. The van der Waals surface area contributed by atoms with E-state index in [1.807, 2.05) is 0 Å². The predicted octanol–water partition coefficient (Wildman–Crippen LogP) is 3.58. The second-order valence-corrected chi connectivity index (χ2v) is 6.51. The van der Waals surface area contributed by atoms with E-state index in [2.05, 4.69) is 65.1 Å². The van der Waals surface area contributed by atoms with E-state index >= 15 is 0 Å². The number of nitrogens with one attached hydrogen (secondary N) is 1. The topological polar surface area (TPSA) is 15.3 Å². The van der Waals surface area contributed by atoms with Crippen LogP contribution >= 0.6 is 15.9 Å². The Bertz CT molecular complexity index is 383. The maximum atomic E-state index is 3.66. The predicted molar refractivity (Wildman–Crippen MR) is 82.3 cm³/mol. The van der Waals surface area contributed by atoms with Gasteiger partial charge in [0, 0.05) is 29.3 Å². The Labute approximate surface area is 119 Å². The molecule has 0 saturated carbocycles. The Morgan fingerprint density at radius 2 is 2.11 bits per heavy atom. The molecule has 1 fully saturated rings. The molecule has 0 aromatic heterocycles. The summed E-state index contributed by atoms with van der Waals surface area (Å²) in [4.78, 5) is 2.52. The molecule has 1 aromatic carbocycles. The van der Waals surface area contributed by atoms with Gasteiger partial charge in [-0.05, 0) is 49.6 Å². The first kappa shape index (κ1) is 13.9. The van der Waals surface area contributed by atoms with Crippen molar-refractivity contribution in [3.05, 3.63) is 28.2 Å². The fourth-order valence-electron chi connectivity index (χ4n) is 2.53. The number of nitrogens with zero attached hydrogens (tertiary/aromatic N) is 1. The molecule has 1 N–H and O–H groups in total. The van der Waals surface area contributed by atoms with Gasteiger partial charge in [-0.2, -0.15) is 0 Å². The normalized spacial score (nSPS) is 21.2. The van der Waals surface area contributed by atoms with Crippen LogP contribution in [0.25, 0.3) is 0 Å². The number of rotatable bonds is 2. The number of anilines is 1. The van der Waals surface area contributed by atoms with Gasteiger partial charge < -0.3 is 10.2 Å². The average Bonchev–Trinajstić information content (AvgIpc) is 2.53. The summed E-state index contributed by atoms with van der Waals surface area (Å²) in [6.07, 6.45) is 1.22. The molecular weight excluding hydrogens is 288 g/mol. The van der Waals surface area contributed by atoms with Crippen molar-refractivity contribution in [2.75, 3.05) is 24.5 Å². The minimum absolute atomic E-state index is 0.590. The van der Waals surface area contributed by atoms with E-state index in [-0.39, 0.29) is 0 Å². The lowest BCUT2D eigenvalue weighted by atomic mass is 10.0. The van der Waals surface area contributed by atoms with Gasteiger partial charge in [-0.25, -0.2) is 0 Å². The fraction of sp³-hybridized carbons (Fsp3) is 0.600. The van der Waals surface area contributed by atoms with Crippen LogP contribution in [0.1, 0.15) is 25.8 Å². The van der Waals surface area contributed by atoms with Crippen molar-refractivity contribution < 1.29 is 0 Å². The number of hydrogen-bond donors (Lipinski definition) is 1. The number of aryl methyl sites for hydroxylation is 1. The standard InChI is InChI=1S/C15H23BrN2/c1-11(2)15-10-18(6-4-5-17-15)14-8-12(3)7-13(16)9-14/h7-9,11,15,17H,4-6,10H2,1-3H3. The molecule has 1 atom stereocenters. The van der Waals surface area contributed by atoms with Gasteiger partial charge in [0.05, 0.1) is 0 Å². The second-order valence-electron chi connectivity index (χ2n) is 5.59. The number of benzene rings is 1. The van der Waals surface area contributed by atoms with Crippen LogP contribution in [0.5, 0.6) is 0 Å². The van der Waals surface area contributed by atoms with Crippen LogP contribution in [-0.4, -0.2) is 25.7 Å². The summed E-state index contributed by atoms with van der Waals surface area (Å²) in [6.45, 7) is 10.1. The van der Waals surface area contributed by atoms with Crippen molar-refractivity contribution in [2.45, 2.75) is 33.2 Å². The average molecular weight is 311 g/mol. The van der Waals surface area contributed by atoms with Crippen molar-refractivity contribution in [1.29, 1.82) is 0 Å². The second kappa shape index (κ2) is 6.07. The van der Waals surface area contributed by atoms with Crippen LogP contribution in [0, 0.1) is 12.8 Å². The van der Waals surface area contributed by atoms with E-state index in [1.165, 1.54) is 22.1 Å². The van der Waals surface area contributed by atoms with E-state index in [4.69, 9.17) is 0 Å². The molecule has 2 nitrogen and oxygen atoms in total. The molecule has 1 unspecified atom stereocenters. The third-order valence-corrected chi connectivity index (χ3v) is 4.08. The number of hydrogen-bond acceptors (Lipinski definition) is 2. The Balaban J connectivity index is 2.19. The minimum atomic E-state index is 0.590. The highest BCUT2D eigenvalue weighted by Gasteiger charge is 2.20. The highest BCUT2D eigenvalue weighted by molar-refractivity contribution is 9.10. The summed E-state index contributed by atoms with van der Waals surface area (Å²) < 4.78 is 1.18. The van der Waals surface area contributed by atoms with Gasteiger partial charge in [0.2, 0.25) is 0 Å². The van der Waals surface area contributed by atoms with Gasteiger partial charge in [0.1, 0.15) is 0 Å². The van der Waals surface area contributed by atoms with Crippen molar-refractivity contribution in [2.24, 2.45) is 5.92 Å². The van der Waals surface area contributed by atoms with Crippen molar-refractivity contribution in [3.8, 4) is 0 Å². The molecule has 3 heteroatoms. The summed E-state index contributed by atoms with van der Waals surface area (Å²) in [5, 5.41) is 3.66. The quantitative estimate of drug-likeness (QED) is 0.898. The van der Waals surface area contributed by atoms with Crippen LogP contribution < -0.4 is 10.2 Å². The van der Waals surface area contributed by atoms with Crippen LogP contribution in [0.15, 0.2) is 22.7 Å². The molecule has 1 aromatic rings. The summed E-state index contributed by atoms with van der Waals surface area (Å²) >= 11 is 3.60. The lowest BCUT2D eigenvalue weighted by Gasteiger charge is -2.29. The van der Waals surface area contributed by atoms with Gasteiger partial charge in [0.15, 0.2) is 0 Å². The molecule has 18 heavy (non-hydrogen) atoms. The highest BCUT2D eigenvalue weighted by Crippen LogP contribution is 2.24. The smallest absolute Gasteiger partial charge is 0.0380 e. The molecule has 1 saturated heterocycles. The Morgan fingerprint density at radius 1 is 1.33 bits per heavy atom. The van der Waals surface area contributed by atoms with Crippen LogP contribution in [0.4, 0.5) is 5.69 Å². The van der Waals surface area contributed by atoms with Crippen LogP contribution in [-0.2, 0) is 0 Å². The van der Waals surface area contributed by atoms with Gasteiger partial charge in [-0.15, -0.1) is 0 Å². The lowest BCUT2D eigenvalue weighted by molar-refractivity contribution is 0.420. The zero-order valence-electron chi connectivity index (χ0n) is 11.5. The fourth-order valence-corrected chi connectivity index (χ4v) is 3.13. The monoisotopic (exact) mass is 310 g/mol. The van der Waals surface area contributed by atoms with Crippen LogP contribution in [0.3, 0.4) is 0 Å². The number of halogens is 1. The molecule has 0 radical (unpaired) electrons. The van der Waals surface area contributed by atoms with Gasteiger partial charge >= 0.3 is 0 Å². The molecule has 100 valence electrons. The Morgan fingerprint density at radius 3 is 2.78 bits per heavy atom. The third kappa shape index (κ3) is 3.48. The van der Waals surface area contributed by atoms with Crippen molar-refractivity contribution >= 4 is 21.6 Å². The molecular formula is C15H23BrN2. The summed E-state index contributed by atoms with van der Waals surface area (Å²) in [7, 11) is 0. The first-order valence-electron chi connectivity index (χ1n) is 6.82. The van der Waals surface area contributed by atoms with E-state index in [0.29, 0.717) is 12.0 Å². The van der Waals surface area contributed by atoms with E-state index in [0.717, 1.165) is 19.6 Å². The third-order valence-electron chi connectivity index (χ3n) is 3.63. The molecule has 1 aliphatic heterocycles. The molecule has 0 spiro atoms. The van der Waals surface area contributed by atoms with Gasteiger partial charge in [0.25, 0.3) is 0 Å². The lowest BCUT2D eigenvalue weighted by Crippen LogP contribution is -2.41. The maximum Gasteiger partial charge on any atom is 0.0380 e. The molecule has 0 aliphatic carbocycles. The summed E-state index contributed by atoms with van der Waals surface area (Å²) in [6, 6.07) is 7.27. The first-order valence-corrected chi connectivity index (χ1v) is 7.61. The highest BCUT2D eigenvalue weighted by atomic mass is 79.9. The van der Waals surface area contributed by atoms with E-state index in [9.17, 15) is 0 Å². The van der Waals surface area contributed by atoms with Gasteiger partial charge in [-0.3, -0.25) is 0 Å². The Hall–Kier alpha value is -0.540. The summed E-state index contributed by atoms with van der Waals surface area (Å²) in [5.41, 5.74) is 2.66. The molecule has 1 aliphatic rings. The Kier molecular flexibility index (Phi) is 4.68. The van der Waals surface area contributed by atoms with E-state index in [1.54, 1.807) is 0 Å². The van der Waals surface area contributed by atoms with Gasteiger partial charge in [-0.1, -0.05) is 29.8 Å².